The van der Waals surface area contributed by atoms with E-state index in [9.17, 15) is 29.7 Å². The van der Waals surface area contributed by atoms with Crippen molar-refractivity contribution in [3.63, 3.8) is 0 Å². The van der Waals surface area contributed by atoms with Crippen LogP contribution in [0, 0.1) is 17.8 Å². The van der Waals surface area contributed by atoms with Crippen molar-refractivity contribution in [2.45, 2.75) is 136 Å². The van der Waals surface area contributed by atoms with Gasteiger partial charge in [-0.1, -0.05) is 80.1 Å². The molecule has 3 unspecified atom stereocenters. The van der Waals surface area contributed by atoms with Gasteiger partial charge in [0.05, 0.1) is 0 Å². The van der Waals surface area contributed by atoms with E-state index < -0.39 is 17.9 Å². The Morgan fingerprint density at radius 3 is 0.824 bits per heavy atom. The van der Waals surface area contributed by atoms with Crippen molar-refractivity contribution in [2.75, 3.05) is 0 Å². The van der Waals surface area contributed by atoms with Crippen molar-refractivity contribution in [2.24, 2.45) is 17.8 Å². The predicted octanol–water partition coefficient (Wildman–Crippen LogP) is 3.84. The summed E-state index contributed by atoms with van der Waals surface area (Å²) >= 11 is 1.64. The molecule has 0 aliphatic heterocycles. The Morgan fingerprint density at radius 2 is 0.735 bits per heavy atom. The third-order valence-corrected chi connectivity index (χ3v) is 5.20. The van der Waals surface area contributed by atoms with E-state index in [2.05, 4.69) is 34.6 Å². The number of carboxylic acid groups (broad SMARTS) is 3. The van der Waals surface area contributed by atoms with Crippen LogP contribution in [-0.4, -0.2) is 40.4 Å². The molecule has 0 aromatic rings. The average Bonchev–Trinajstić information content (AvgIpc) is 2.75. The van der Waals surface area contributed by atoms with Crippen molar-refractivity contribution < 1.29 is 29.7 Å². The minimum absolute atomic E-state index is 0.222. The molecule has 0 rings (SSSR count). The van der Waals surface area contributed by atoms with E-state index in [1.165, 1.54) is 0 Å². The quantitative estimate of drug-likeness (QED) is 0.267. The SMILES string of the molecule is CCCCC(CC)C(=O)[O-].CCCCC(CC)C(=O)[O-].CCCCC(CC)C(=O)[O-].C[CH](C)[Sn+3]. The Kier molecular flexibility index (Phi) is 35.9. The molecule has 0 aromatic carbocycles. The fourth-order valence-electron chi connectivity index (χ4n) is 2.82. The van der Waals surface area contributed by atoms with E-state index in [1.807, 2.05) is 20.8 Å². The van der Waals surface area contributed by atoms with Gasteiger partial charge in [0.2, 0.25) is 0 Å². The molecule has 3 atom stereocenters. The third-order valence-electron chi connectivity index (χ3n) is 5.20. The summed E-state index contributed by atoms with van der Waals surface area (Å²) in [5.74, 6) is -3.34. The molecule has 0 aromatic heterocycles. The van der Waals surface area contributed by atoms with Gasteiger partial charge in [-0.2, -0.15) is 0 Å². The summed E-state index contributed by atoms with van der Waals surface area (Å²) < 4.78 is 0.923. The normalized spacial score (nSPS) is 12.6. The number of unbranched alkanes of at least 4 members (excludes halogenated alkanes) is 3. The fourth-order valence-corrected chi connectivity index (χ4v) is 2.82. The van der Waals surface area contributed by atoms with Crippen LogP contribution >= 0.6 is 0 Å². The summed E-state index contributed by atoms with van der Waals surface area (Å²) in [5, 5.41) is 31.0. The van der Waals surface area contributed by atoms with Gasteiger partial charge in [-0.05, 0) is 56.3 Å². The van der Waals surface area contributed by atoms with Crippen LogP contribution in [0.4, 0.5) is 0 Å². The third kappa shape index (κ3) is 33.4. The predicted molar refractivity (Wildman–Crippen MR) is 136 cm³/mol. The average molecular weight is 591 g/mol. The molecule has 0 spiro atoms. The van der Waals surface area contributed by atoms with Crippen LogP contribution in [0.25, 0.3) is 0 Å². The summed E-state index contributed by atoms with van der Waals surface area (Å²) in [6.07, 6.45) is 10.6. The van der Waals surface area contributed by atoms with Crippen LogP contribution in [0.2, 0.25) is 3.93 Å². The van der Waals surface area contributed by atoms with Crippen molar-refractivity contribution in [3.05, 3.63) is 0 Å². The van der Waals surface area contributed by atoms with Crippen molar-refractivity contribution in [1.29, 1.82) is 0 Å². The first kappa shape index (κ1) is 40.4. The van der Waals surface area contributed by atoms with Gasteiger partial charge in [0.25, 0.3) is 0 Å². The fraction of sp³-hybridized carbons (Fsp3) is 0.889. The van der Waals surface area contributed by atoms with Gasteiger partial charge in [0, 0.05) is 17.9 Å². The van der Waals surface area contributed by atoms with Gasteiger partial charge in [0.15, 0.2) is 0 Å². The molecular formula is C27H52O6Sn. The Bertz CT molecular complexity index is 403. The van der Waals surface area contributed by atoms with E-state index in [-0.39, 0.29) is 17.8 Å². The Balaban J connectivity index is -0.000000184. The number of hydrogen-bond acceptors (Lipinski definition) is 6. The van der Waals surface area contributed by atoms with E-state index >= 15 is 0 Å². The van der Waals surface area contributed by atoms with Crippen LogP contribution in [0.1, 0.15) is 132 Å². The molecule has 0 saturated carbocycles. The maximum atomic E-state index is 10.3. The van der Waals surface area contributed by atoms with Gasteiger partial charge in [0.1, 0.15) is 0 Å². The molecule has 0 fully saturated rings. The van der Waals surface area contributed by atoms with Gasteiger partial charge >= 0.3 is 40.3 Å². The second-order valence-electron chi connectivity index (χ2n) is 8.85. The monoisotopic (exact) mass is 592 g/mol. The number of carbonyl (C=O) groups is 3. The standard InChI is InChI=1S/3C8H16O2.C3H7.Sn/c3*1-3-5-6-7(4-2)8(9)10;1-3-2;/h3*7H,3-6H2,1-2H3,(H,9,10);3H,1-2H3;/q;;;;+3/p-3. The zero-order valence-corrected chi connectivity index (χ0v) is 26.1. The van der Waals surface area contributed by atoms with Crippen LogP contribution in [0.3, 0.4) is 0 Å². The zero-order valence-electron chi connectivity index (χ0n) is 23.2. The van der Waals surface area contributed by atoms with Crippen LogP contribution in [-0.2, 0) is 14.4 Å². The molecule has 200 valence electrons. The molecule has 0 saturated heterocycles. The second kappa shape index (κ2) is 30.2. The summed E-state index contributed by atoms with van der Waals surface area (Å²) in [6, 6.07) is 0. The first-order valence-electron chi connectivity index (χ1n) is 13.2. The number of carboxylic acids is 3. The van der Waals surface area contributed by atoms with E-state index in [1.54, 1.807) is 22.5 Å². The number of aliphatic carboxylic acids is 3. The summed E-state index contributed by atoms with van der Waals surface area (Å²) in [5.41, 5.74) is 0. The first-order chi connectivity index (χ1) is 15.9. The van der Waals surface area contributed by atoms with Crippen LogP contribution < -0.4 is 15.3 Å². The summed E-state index contributed by atoms with van der Waals surface area (Å²) in [4.78, 5) is 31.0. The molecule has 6 nitrogen and oxygen atoms in total. The van der Waals surface area contributed by atoms with Gasteiger partial charge in [-0.25, -0.2) is 0 Å². The molecule has 7 heteroatoms. The van der Waals surface area contributed by atoms with E-state index in [0.29, 0.717) is 19.3 Å². The molecule has 0 aliphatic carbocycles. The molecule has 0 N–H and O–H groups in total. The number of rotatable bonds is 15. The minimum atomic E-state index is -0.893. The molecule has 0 radical (unpaired) electrons. The van der Waals surface area contributed by atoms with Crippen LogP contribution in [0.5, 0.6) is 0 Å². The number of carbonyl (C=O) groups excluding carboxylic acids is 3. The Morgan fingerprint density at radius 1 is 0.559 bits per heavy atom. The zero-order chi connectivity index (χ0) is 27.5. The number of hydrogen-bond donors (Lipinski definition) is 0. The first-order valence-corrected chi connectivity index (χ1v) is 14.9. The maximum absolute atomic E-state index is 10.3. The molecule has 0 aliphatic rings. The van der Waals surface area contributed by atoms with Crippen molar-refractivity contribution in [3.8, 4) is 0 Å². The topological polar surface area (TPSA) is 120 Å². The van der Waals surface area contributed by atoms with Crippen molar-refractivity contribution >= 4 is 40.4 Å². The van der Waals surface area contributed by atoms with Crippen LogP contribution in [0.15, 0.2) is 0 Å². The summed E-state index contributed by atoms with van der Waals surface area (Å²) in [6.45, 7) is 16.2. The van der Waals surface area contributed by atoms with E-state index in [4.69, 9.17) is 0 Å². The second-order valence-corrected chi connectivity index (χ2v) is 12.1. The van der Waals surface area contributed by atoms with Gasteiger partial charge in [-0.3, -0.25) is 0 Å². The Hall–Kier alpha value is -0.791. The molecule has 0 heterocycles. The van der Waals surface area contributed by atoms with Crippen molar-refractivity contribution in [1.82, 2.24) is 0 Å². The molecule has 34 heavy (non-hydrogen) atoms. The molecule has 0 amide bonds. The van der Waals surface area contributed by atoms with E-state index in [0.717, 1.165) is 61.7 Å². The van der Waals surface area contributed by atoms with Gasteiger partial charge < -0.3 is 29.7 Å². The van der Waals surface area contributed by atoms with Gasteiger partial charge in [-0.15, -0.1) is 0 Å². The molecule has 0 bridgehead atoms. The Labute approximate surface area is 223 Å². The summed E-state index contributed by atoms with van der Waals surface area (Å²) in [7, 11) is 0. The molecular weight excluding hydrogens is 539 g/mol.